The van der Waals surface area contributed by atoms with Crippen LogP contribution >= 0.6 is 11.3 Å². The molecule has 0 bridgehead atoms. The van der Waals surface area contributed by atoms with E-state index < -0.39 is 15.9 Å². The van der Waals surface area contributed by atoms with Gasteiger partial charge in [-0.2, -0.15) is 9.41 Å². The number of rotatable bonds is 6. The minimum absolute atomic E-state index is 0.179. The van der Waals surface area contributed by atoms with Gasteiger partial charge in [0.1, 0.15) is 0 Å². The molecule has 1 N–H and O–H groups in total. The van der Waals surface area contributed by atoms with Crippen LogP contribution < -0.4 is 5.43 Å². The first-order valence-electron chi connectivity index (χ1n) is 9.39. The number of piperidine rings is 1. The van der Waals surface area contributed by atoms with E-state index in [1.165, 1.54) is 4.31 Å². The number of carbonyl (C=O) groups is 1. The van der Waals surface area contributed by atoms with Crippen LogP contribution in [0.15, 0.2) is 51.8 Å². The Labute approximate surface area is 170 Å². The fourth-order valence-corrected chi connectivity index (χ4v) is 5.51. The first-order chi connectivity index (χ1) is 13.4. The first-order valence-corrected chi connectivity index (χ1v) is 11.7. The van der Waals surface area contributed by atoms with Crippen molar-refractivity contribution < 1.29 is 13.2 Å². The van der Waals surface area contributed by atoms with Crippen LogP contribution in [0.2, 0.25) is 0 Å². The highest BCUT2D eigenvalue weighted by atomic mass is 32.2. The molecule has 2 aromatic rings. The number of aryl methyl sites for hydroxylation is 1. The molecule has 1 atom stereocenters. The third-order valence-electron chi connectivity index (χ3n) is 4.86. The van der Waals surface area contributed by atoms with E-state index in [0.717, 1.165) is 16.2 Å². The molecule has 28 heavy (non-hydrogen) atoms. The van der Waals surface area contributed by atoms with Gasteiger partial charge in [0.05, 0.1) is 21.4 Å². The molecule has 1 aromatic carbocycles. The predicted molar refractivity (Wildman–Crippen MR) is 112 cm³/mol. The van der Waals surface area contributed by atoms with Gasteiger partial charge >= 0.3 is 0 Å². The second kappa shape index (κ2) is 8.98. The second-order valence-corrected chi connectivity index (χ2v) is 9.77. The lowest BCUT2D eigenvalue weighted by molar-refractivity contribution is -0.126. The third-order valence-corrected chi connectivity index (χ3v) is 7.65. The number of hydrogen-bond donors (Lipinski definition) is 1. The number of nitrogens with zero attached hydrogens (tertiary/aromatic N) is 2. The maximum Gasteiger partial charge on any atom is 0.244 e. The average molecular weight is 420 g/mol. The van der Waals surface area contributed by atoms with Crippen molar-refractivity contribution in [3.05, 3.63) is 52.2 Å². The molecule has 1 saturated heterocycles. The van der Waals surface area contributed by atoms with Crippen molar-refractivity contribution in [2.75, 3.05) is 13.1 Å². The van der Waals surface area contributed by atoms with Crippen molar-refractivity contribution in [3.63, 3.8) is 0 Å². The van der Waals surface area contributed by atoms with E-state index in [1.54, 1.807) is 35.6 Å². The zero-order chi connectivity index (χ0) is 20.1. The van der Waals surface area contributed by atoms with E-state index in [2.05, 4.69) is 10.5 Å². The van der Waals surface area contributed by atoms with Crippen molar-refractivity contribution in [3.8, 4) is 0 Å². The molecule has 0 unspecified atom stereocenters. The van der Waals surface area contributed by atoms with Gasteiger partial charge < -0.3 is 0 Å². The molecule has 1 aliphatic heterocycles. The van der Waals surface area contributed by atoms with Gasteiger partial charge in [-0.05, 0) is 49.8 Å². The summed E-state index contributed by atoms with van der Waals surface area (Å²) in [5.74, 6) is -0.634. The molecule has 1 amide bonds. The van der Waals surface area contributed by atoms with E-state index in [9.17, 15) is 13.2 Å². The van der Waals surface area contributed by atoms with Gasteiger partial charge in [0.2, 0.25) is 15.9 Å². The van der Waals surface area contributed by atoms with E-state index >= 15 is 0 Å². The van der Waals surface area contributed by atoms with Crippen LogP contribution in [0.3, 0.4) is 0 Å². The number of thiophene rings is 1. The lowest BCUT2D eigenvalue weighted by atomic mass is 9.99. The van der Waals surface area contributed by atoms with Crippen LogP contribution in [0.4, 0.5) is 0 Å². The number of nitrogens with one attached hydrogen (secondary N) is 1. The number of amides is 1. The quantitative estimate of drug-likeness (QED) is 0.576. The summed E-state index contributed by atoms with van der Waals surface area (Å²) in [5.41, 5.74) is 4.47. The summed E-state index contributed by atoms with van der Waals surface area (Å²) < 4.78 is 27.2. The van der Waals surface area contributed by atoms with Crippen LogP contribution in [0.25, 0.3) is 0 Å². The normalized spacial score (nSPS) is 18.8. The zero-order valence-corrected chi connectivity index (χ0v) is 17.7. The Hall–Kier alpha value is -2.03. The molecular formula is C20H25N3O3S2. The maximum atomic E-state index is 12.9. The summed E-state index contributed by atoms with van der Waals surface area (Å²) in [4.78, 5) is 13.9. The maximum absolute atomic E-state index is 12.9. The molecule has 0 saturated carbocycles. The standard InChI is InChI=1S/C20H25N3O3S2/c1-3-18(19-7-5-13-27-19)21-22-20(24)16-6-4-12-23(14-16)28(25,26)17-10-8-15(2)9-11-17/h5,7-11,13,16H,3-4,6,12,14H2,1-2H3,(H,22,24)/b21-18-/t16-/m1/s1. The van der Waals surface area contributed by atoms with Crippen LogP contribution in [0, 0.1) is 12.8 Å². The highest BCUT2D eigenvalue weighted by Crippen LogP contribution is 2.24. The van der Waals surface area contributed by atoms with E-state index in [0.29, 0.717) is 25.8 Å². The summed E-state index contributed by atoms with van der Waals surface area (Å²) in [6.45, 7) is 4.51. The fourth-order valence-electron chi connectivity index (χ4n) is 3.20. The van der Waals surface area contributed by atoms with E-state index in [-0.39, 0.29) is 17.3 Å². The molecule has 1 fully saturated rings. The summed E-state index contributed by atoms with van der Waals surface area (Å²) in [5, 5.41) is 6.24. The fraction of sp³-hybridized carbons (Fsp3) is 0.400. The second-order valence-electron chi connectivity index (χ2n) is 6.88. The van der Waals surface area contributed by atoms with Crippen molar-refractivity contribution in [1.29, 1.82) is 0 Å². The van der Waals surface area contributed by atoms with Crippen molar-refractivity contribution in [1.82, 2.24) is 9.73 Å². The number of sulfonamides is 1. The minimum atomic E-state index is -3.60. The monoisotopic (exact) mass is 419 g/mol. The molecule has 1 aromatic heterocycles. The van der Waals surface area contributed by atoms with Crippen molar-refractivity contribution in [2.24, 2.45) is 11.0 Å². The summed E-state index contributed by atoms with van der Waals surface area (Å²) in [7, 11) is -3.60. The minimum Gasteiger partial charge on any atom is -0.273 e. The average Bonchev–Trinajstić information content (AvgIpc) is 3.23. The lowest BCUT2D eigenvalue weighted by Crippen LogP contribution is -2.44. The highest BCUT2D eigenvalue weighted by Gasteiger charge is 2.33. The largest absolute Gasteiger partial charge is 0.273 e. The van der Waals surface area contributed by atoms with Crippen molar-refractivity contribution in [2.45, 2.75) is 38.0 Å². The summed E-state index contributed by atoms with van der Waals surface area (Å²) in [6, 6.07) is 10.7. The SMILES string of the molecule is CC/C(=N/NC(=O)[C@@H]1CCCN(S(=O)(=O)c2ccc(C)cc2)C1)c1cccs1. The number of hydrogen-bond acceptors (Lipinski definition) is 5. The Balaban J connectivity index is 1.68. The van der Waals surface area contributed by atoms with Crippen LogP contribution in [0.1, 0.15) is 36.6 Å². The third kappa shape index (κ3) is 4.68. The first kappa shape index (κ1) is 20.7. The topological polar surface area (TPSA) is 78.8 Å². The molecule has 2 heterocycles. The number of carbonyl (C=O) groups excluding carboxylic acids is 1. The molecule has 8 heteroatoms. The molecule has 0 spiro atoms. The molecule has 0 radical (unpaired) electrons. The smallest absolute Gasteiger partial charge is 0.244 e. The predicted octanol–water partition coefficient (Wildman–Crippen LogP) is 3.39. The number of benzene rings is 1. The van der Waals surface area contributed by atoms with Crippen LogP contribution in [0.5, 0.6) is 0 Å². The number of hydrazone groups is 1. The van der Waals surface area contributed by atoms with E-state index in [4.69, 9.17) is 0 Å². The highest BCUT2D eigenvalue weighted by molar-refractivity contribution is 7.89. The van der Waals surface area contributed by atoms with Gasteiger partial charge in [-0.1, -0.05) is 30.7 Å². The van der Waals surface area contributed by atoms with Crippen molar-refractivity contribution >= 4 is 33.0 Å². The Kier molecular flexibility index (Phi) is 6.64. The molecule has 150 valence electrons. The summed E-state index contributed by atoms with van der Waals surface area (Å²) in [6.07, 6.45) is 2.01. The van der Waals surface area contributed by atoms with Gasteiger partial charge in [0, 0.05) is 13.1 Å². The molecule has 1 aliphatic rings. The lowest BCUT2D eigenvalue weighted by Gasteiger charge is -2.30. The Morgan fingerprint density at radius 2 is 2.04 bits per heavy atom. The van der Waals surface area contributed by atoms with Gasteiger partial charge in [-0.25, -0.2) is 13.8 Å². The Bertz CT molecular complexity index is 936. The van der Waals surface area contributed by atoms with Gasteiger partial charge in [0.15, 0.2) is 0 Å². The van der Waals surface area contributed by atoms with Gasteiger partial charge in [-0.3, -0.25) is 4.79 Å². The Morgan fingerprint density at radius 1 is 1.29 bits per heavy atom. The Morgan fingerprint density at radius 3 is 2.68 bits per heavy atom. The van der Waals surface area contributed by atoms with Gasteiger partial charge in [0.25, 0.3) is 0 Å². The van der Waals surface area contributed by atoms with Crippen LogP contribution in [-0.2, 0) is 14.8 Å². The van der Waals surface area contributed by atoms with E-state index in [1.807, 2.05) is 31.4 Å². The molecule has 6 nitrogen and oxygen atoms in total. The molecule has 3 rings (SSSR count). The van der Waals surface area contributed by atoms with Crippen LogP contribution in [-0.4, -0.2) is 37.4 Å². The summed E-state index contributed by atoms with van der Waals surface area (Å²) >= 11 is 1.58. The zero-order valence-electron chi connectivity index (χ0n) is 16.1. The molecule has 0 aliphatic carbocycles. The molecular weight excluding hydrogens is 394 g/mol. The van der Waals surface area contributed by atoms with Gasteiger partial charge in [-0.15, -0.1) is 11.3 Å².